The maximum absolute atomic E-state index is 13.2. The maximum atomic E-state index is 13.2. The minimum atomic E-state index is -0.0291. The summed E-state index contributed by atoms with van der Waals surface area (Å²) in [5.74, 6) is 2.62. The Morgan fingerprint density at radius 2 is 1.88 bits per heavy atom. The number of nitrogens with one attached hydrogen (secondary N) is 1. The van der Waals surface area contributed by atoms with E-state index >= 15 is 0 Å². The van der Waals surface area contributed by atoms with Crippen molar-refractivity contribution < 1.29 is 14.3 Å². The lowest BCUT2D eigenvalue weighted by atomic mass is 9.65. The number of hydrogen-bond acceptors (Lipinski definition) is 4. The van der Waals surface area contributed by atoms with E-state index in [0.29, 0.717) is 35.5 Å². The number of Topliss-reactive ketones (excluding diaryl/α,β-unsaturated/α-hetero) is 1. The molecule has 2 aliphatic heterocycles. The Morgan fingerprint density at radius 3 is 2.71 bits per heavy atom. The van der Waals surface area contributed by atoms with Gasteiger partial charge in [0.25, 0.3) is 0 Å². The predicted octanol–water partition coefficient (Wildman–Crippen LogP) is 5.34. The van der Waals surface area contributed by atoms with E-state index in [1.165, 1.54) is 22.2 Å². The van der Waals surface area contributed by atoms with Crippen LogP contribution in [0.2, 0.25) is 0 Å². The molecular weight excluding hydrogens is 424 g/mol. The van der Waals surface area contributed by atoms with Gasteiger partial charge in [0.2, 0.25) is 0 Å². The fourth-order valence-electron chi connectivity index (χ4n) is 6.72. The summed E-state index contributed by atoms with van der Waals surface area (Å²) in [4.78, 5) is 19.7. The molecule has 34 heavy (non-hydrogen) atoms. The van der Waals surface area contributed by atoms with Gasteiger partial charge in [0.05, 0.1) is 19.8 Å². The molecule has 6 rings (SSSR count). The molecule has 3 aliphatic rings. The highest BCUT2D eigenvalue weighted by Gasteiger charge is 2.49. The average Bonchev–Trinajstić information content (AvgIpc) is 3.23. The molecule has 176 valence electrons. The highest BCUT2D eigenvalue weighted by molar-refractivity contribution is 6.00. The SMILES string of the molecule is COc1ccc(C=C2CC3CN4CCc5c([nH]c6ccccc56)[C@]4(C)CC3CC2=O)cc1OC. The molecule has 0 spiro atoms. The Balaban J connectivity index is 1.28. The zero-order valence-electron chi connectivity index (χ0n) is 20.2. The van der Waals surface area contributed by atoms with Gasteiger partial charge in [-0.25, -0.2) is 0 Å². The van der Waals surface area contributed by atoms with Crippen molar-refractivity contribution in [3.8, 4) is 11.5 Å². The van der Waals surface area contributed by atoms with E-state index in [4.69, 9.17) is 9.47 Å². The van der Waals surface area contributed by atoms with Crippen LogP contribution in [0.3, 0.4) is 0 Å². The highest BCUT2D eigenvalue weighted by atomic mass is 16.5. The van der Waals surface area contributed by atoms with Crippen LogP contribution >= 0.6 is 0 Å². The van der Waals surface area contributed by atoms with E-state index in [0.717, 1.165) is 43.5 Å². The second kappa shape index (κ2) is 8.02. The Labute approximate surface area is 200 Å². The van der Waals surface area contributed by atoms with Gasteiger partial charge >= 0.3 is 0 Å². The van der Waals surface area contributed by atoms with Crippen LogP contribution in [-0.4, -0.2) is 43.0 Å². The summed E-state index contributed by atoms with van der Waals surface area (Å²) < 4.78 is 10.8. The smallest absolute Gasteiger partial charge is 0.161 e. The molecule has 5 heteroatoms. The van der Waals surface area contributed by atoms with Gasteiger partial charge in [-0.2, -0.15) is 0 Å². The van der Waals surface area contributed by atoms with E-state index in [2.05, 4.69) is 47.1 Å². The van der Waals surface area contributed by atoms with Crippen LogP contribution < -0.4 is 9.47 Å². The van der Waals surface area contributed by atoms with Gasteiger partial charge in [-0.15, -0.1) is 0 Å². The van der Waals surface area contributed by atoms with Gasteiger partial charge in [0.1, 0.15) is 0 Å². The summed E-state index contributed by atoms with van der Waals surface area (Å²) in [6.45, 7) is 4.51. The number of nitrogens with zero attached hydrogens (tertiary/aromatic N) is 1. The molecule has 0 bridgehead atoms. The van der Waals surface area contributed by atoms with Crippen molar-refractivity contribution in [2.45, 2.75) is 38.1 Å². The molecular formula is C29H32N2O3. The number of rotatable bonds is 3. The Hall–Kier alpha value is -3.05. The number of piperidine rings is 1. The van der Waals surface area contributed by atoms with Crippen molar-refractivity contribution in [2.75, 3.05) is 27.3 Å². The van der Waals surface area contributed by atoms with Gasteiger partial charge in [-0.05, 0) is 79.0 Å². The third kappa shape index (κ3) is 3.29. The standard InChI is InChI=1S/C29H32N2O3/c1-29-16-20-15-25(32)19(12-18-8-9-26(33-2)27(13-18)34-3)14-21(20)17-31(29)11-10-23-22-6-4-5-7-24(22)30-28(23)29/h4-9,12-13,20-21,30H,10-11,14-17H2,1-3H3/t20?,21?,29-/m0/s1. The number of benzene rings is 2. The van der Waals surface area contributed by atoms with Crippen LogP contribution in [0.25, 0.3) is 17.0 Å². The molecule has 0 amide bonds. The van der Waals surface area contributed by atoms with Crippen molar-refractivity contribution >= 4 is 22.8 Å². The topological polar surface area (TPSA) is 54.6 Å². The van der Waals surface area contributed by atoms with Crippen molar-refractivity contribution in [3.63, 3.8) is 0 Å². The summed E-state index contributed by atoms with van der Waals surface area (Å²) in [6.07, 6.45) is 5.67. The average molecular weight is 457 g/mol. The molecule has 3 atom stereocenters. The first-order valence-electron chi connectivity index (χ1n) is 12.3. The van der Waals surface area contributed by atoms with E-state index in [-0.39, 0.29) is 5.54 Å². The molecule has 5 nitrogen and oxygen atoms in total. The van der Waals surface area contributed by atoms with Crippen LogP contribution in [0.5, 0.6) is 11.5 Å². The van der Waals surface area contributed by atoms with E-state index in [1.807, 2.05) is 18.2 Å². The van der Waals surface area contributed by atoms with Crippen LogP contribution in [0.15, 0.2) is 48.0 Å². The summed E-state index contributed by atoms with van der Waals surface area (Å²) in [7, 11) is 3.28. The Bertz CT molecular complexity index is 1310. The molecule has 3 aromatic rings. The van der Waals surface area contributed by atoms with Crippen molar-refractivity contribution in [2.24, 2.45) is 11.8 Å². The van der Waals surface area contributed by atoms with Gasteiger partial charge in [0, 0.05) is 36.1 Å². The molecule has 1 aliphatic carbocycles. The molecule has 0 radical (unpaired) electrons. The number of aromatic nitrogens is 1. The largest absolute Gasteiger partial charge is 0.493 e. The van der Waals surface area contributed by atoms with Gasteiger partial charge in [-0.1, -0.05) is 24.3 Å². The zero-order chi connectivity index (χ0) is 23.4. The van der Waals surface area contributed by atoms with Crippen LogP contribution in [0.4, 0.5) is 0 Å². The normalized spacial score (nSPS) is 27.9. The molecule has 1 saturated carbocycles. The number of carbonyl (C=O) groups excluding carboxylic acids is 1. The number of para-hydroxylation sites is 1. The first-order valence-corrected chi connectivity index (χ1v) is 12.3. The van der Waals surface area contributed by atoms with Gasteiger partial charge in [0.15, 0.2) is 17.3 Å². The molecule has 2 fully saturated rings. The lowest BCUT2D eigenvalue weighted by molar-refractivity contribution is -0.121. The second-order valence-electron chi connectivity index (χ2n) is 10.3. The van der Waals surface area contributed by atoms with Gasteiger partial charge < -0.3 is 14.5 Å². The number of hydrogen-bond donors (Lipinski definition) is 1. The minimum absolute atomic E-state index is 0.0291. The fourth-order valence-corrected chi connectivity index (χ4v) is 6.72. The molecule has 3 heterocycles. The first-order chi connectivity index (χ1) is 16.5. The number of H-pyrrole nitrogens is 1. The predicted molar refractivity (Wildman–Crippen MR) is 134 cm³/mol. The van der Waals surface area contributed by atoms with E-state index in [9.17, 15) is 4.79 Å². The van der Waals surface area contributed by atoms with E-state index in [1.54, 1.807) is 14.2 Å². The van der Waals surface area contributed by atoms with Crippen molar-refractivity contribution in [1.82, 2.24) is 9.88 Å². The molecule has 1 saturated heterocycles. The van der Waals surface area contributed by atoms with Crippen LogP contribution in [0.1, 0.15) is 43.0 Å². The first kappa shape index (κ1) is 21.5. The number of fused-ring (bicyclic) bond motifs is 6. The summed E-state index contributed by atoms with van der Waals surface area (Å²) >= 11 is 0. The van der Waals surface area contributed by atoms with Crippen LogP contribution in [0, 0.1) is 11.8 Å². The third-order valence-electron chi connectivity index (χ3n) is 8.50. The third-order valence-corrected chi connectivity index (χ3v) is 8.50. The zero-order valence-corrected chi connectivity index (χ0v) is 20.2. The molecule has 2 unspecified atom stereocenters. The molecule has 2 aromatic carbocycles. The Morgan fingerprint density at radius 1 is 1.06 bits per heavy atom. The van der Waals surface area contributed by atoms with Crippen molar-refractivity contribution in [1.29, 1.82) is 0 Å². The maximum Gasteiger partial charge on any atom is 0.161 e. The summed E-state index contributed by atoms with van der Waals surface area (Å²) in [6, 6.07) is 14.5. The van der Waals surface area contributed by atoms with Gasteiger partial charge in [-0.3, -0.25) is 9.69 Å². The number of allylic oxidation sites excluding steroid dienone is 1. The van der Waals surface area contributed by atoms with Crippen molar-refractivity contribution in [3.05, 3.63) is 64.9 Å². The Kier molecular flexibility index (Phi) is 5.07. The van der Waals surface area contributed by atoms with E-state index < -0.39 is 0 Å². The fraction of sp³-hybridized carbons (Fsp3) is 0.414. The summed E-state index contributed by atoms with van der Waals surface area (Å²) in [5.41, 5.74) is 5.98. The van der Waals surface area contributed by atoms with Crippen LogP contribution in [-0.2, 0) is 16.8 Å². The number of ketones is 1. The minimum Gasteiger partial charge on any atom is -0.493 e. The number of aromatic amines is 1. The second-order valence-corrected chi connectivity index (χ2v) is 10.3. The summed E-state index contributed by atoms with van der Waals surface area (Å²) in [5, 5.41) is 1.36. The lowest BCUT2D eigenvalue weighted by Crippen LogP contribution is -2.57. The number of methoxy groups -OCH3 is 2. The molecule has 1 aromatic heterocycles. The monoisotopic (exact) mass is 456 g/mol. The highest BCUT2D eigenvalue weighted by Crippen LogP contribution is 2.50. The lowest BCUT2D eigenvalue weighted by Gasteiger charge is -2.54. The number of carbonyl (C=O) groups is 1. The number of ether oxygens (including phenoxy) is 2. The quantitative estimate of drug-likeness (QED) is 0.541. The molecule has 1 N–H and O–H groups in total.